The molecule has 180 valence electrons. The maximum atomic E-state index is 12.5. The molecule has 2 fully saturated rings. The lowest BCUT2D eigenvalue weighted by atomic mass is 10.1. The van der Waals surface area contributed by atoms with Crippen molar-refractivity contribution in [3.8, 4) is 5.75 Å². The van der Waals surface area contributed by atoms with Crippen molar-refractivity contribution in [1.82, 2.24) is 5.32 Å². The molecule has 0 bridgehead atoms. The minimum atomic E-state index is -0.386. The lowest BCUT2D eigenvalue weighted by molar-refractivity contribution is -0.126. The Bertz CT molecular complexity index is 1050. The SMILES string of the molecule is Cc1ccc(Cl)cc1NC(=O)COc1ccc(N2CC(C(=O)NCC3CCCO3)CC2=O)cc1. The lowest BCUT2D eigenvalue weighted by Crippen LogP contribution is -2.37. The molecule has 0 aromatic heterocycles. The monoisotopic (exact) mass is 485 g/mol. The third-order valence-electron chi connectivity index (χ3n) is 6.02. The first-order chi connectivity index (χ1) is 16.4. The highest BCUT2D eigenvalue weighted by molar-refractivity contribution is 6.31. The van der Waals surface area contributed by atoms with Crippen LogP contribution in [0.5, 0.6) is 5.75 Å². The molecule has 2 unspecified atom stereocenters. The van der Waals surface area contributed by atoms with Gasteiger partial charge in [0.25, 0.3) is 5.91 Å². The van der Waals surface area contributed by atoms with Gasteiger partial charge in [-0.2, -0.15) is 0 Å². The molecule has 2 saturated heterocycles. The maximum absolute atomic E-state index is 12.5. The van der Waals surface area contributed by atoms with Crippen LogP contribution in [0.15, 0.2) is 42.5 Å². The second-order valence-corrected chi connectivity index (χ2v) is 9.01. The summed E-state index contributed by atoms with van der Waals surface area (Å²) in [4.78, 5) is 38.8. The fourth-order valence-electron chi connectivity index (χ4n) is 4.08. The number of ether oxygens (including phenoxy) is 2. The predicted octanol–water partition coefficient (Wildman–Crippen LogP) is 3.31. The largest absolute Gasteiger partial charge is 0.484 e. The number of hydrogen-bond acceptors (Lipinski definition) is 5. The van der Waals surface area contributed by atoms with E-state index in [1.165, 1.54) is 0 Å². The van der Waals surface area contributed by atoms with Crippen molar-refractivity contribution < 1.29 is 23.9 Å². The van der Waals surface area contributed by atoms with Gasteiger partial charge in [-0.3, -0.25) is 14.4 Å². The van der Waals surface area contributed by atoms with Gasteiger partial charge in [0.15, 0.2) is 6.61 Å². The standard InChI is InChI=1S/C25H28ClN3O5/c1-16-4-5-18(26)12-22(16)28-23(30)15-34-20-8-6-19(7-9-20)29-14-17(11-24(29)31)25(32)27-13-21-3-2-10-33-21/h4-9,12,17,21H,2-3,10-11,13-15H2,1H3,(H,27,32)(H,28,30). The van der Waals surface area contributed by atoms with Gasteiger partial charge in [-0.15, -0.1) is 0 Å². The van der Waals surface area contributed by atoms with Crippen LogP contribution in [0.25, 0.3) is 0 Å². The Balaban J connectivity index is 1.26. The molecule has 2 atom stereocenters. The molecular weight excluding hydrogens is 458 g/mol. The number of carbonyl (C=O) groups excluding carboxylic acids is 3. The van der Waals surface area contributed by atoms with Crippen molar-refractivity contribution in [2.24, 2.45) is 5.92 Å². The number of hydrogen-bond donors (Lipinski definition) is 2. The average Bonchev–Trinajstić information content (AvgIpc) is 3.49. The summed E-state index contributed by atoms with van der Waals surface area (Å²) in [5.74, 6) is -0.404. The summed E-state index contributed by atoms with van der Waals surface area (Å²) in [5, 5.41) is 6.23. The van der Waals surface area contributed by atoms with Crippen LogP contribution in [-0.4, -0.2) is 50.1 Å². The van der Waals surface area contributed by atoms with Gasteiger partial charge in [-0.1, -0.05) is 17.7 Å². The Hall–Kier alpha value is -3.10. The summed E-state index contributed by atoms with van der Waals surface area (Å²) < 4.78 is 11.1. The minimum Gasteiger partial charge on any atom is -0.484 e. The van der Waals surface area contributed by atoms with Crippen molar-refractivity contribution >= 4 is 40.7 Å². The Kier molecular flexibility index (Phi) is 7.70. The number of nitrogens with one attached hydrogen (secondary N) is 2. The molecule has 8 nitrogen and oxygen atoms in total. The predicted molar refractivity (Wildman–Crippen MR) is 129 cm³/mol. The van der Waals surface area contributed by atoms with E-state index in [0.717, 1.165) is 25.0 Å². The molecule has 9 heteroatoms. The molecule has 2 aromatic carbocycles. The fourth-order valence-corrected chi connectivity index (χ4v) is 4.26. The molecule has 2 aliphatic heterocycles. The van der Waals surface area contributed by atoms with E-state index in [9.17, 15) is 14.4 Å². The zero-order chi connectivity index (χ0) is 24.1. The van der Waals surface area contributed by atoms with Crippen LogP contribution >= 0.6 is 11.6 Å². The number of benzene rings is 2. The van der Waals surface area contributed by atoms with Crippen LogP contribution in [0.2, 0.25) is 5.02 Å². The van der Waals surface area contributed by atoms with Gasteiger partial charge in [-0.25, -0.2) is 0 Å². The summed E-state index contributed by atoms with van der Waals surface area (Å²) >= 11 is 5.98. The summed E-state index contributed by atoms with van der Waals surface area (Å²) in [7, 11) is 0. The molecule has 0 aliphatic carbocycles. The molecule has 2 N–H and O–H groups in total. The summed E-state index contributed by atoms with van der Waals surface area (Å²) in [5.41, 5.74) is 2.22. The topological polar surface area (TPSA) is 97.0 Å². The van der Waals surface area contributed by atoms with Crippen molar-refractivity contribution in [1.29, 1.82) is 0 Å². The van der Waals surface area contributed by atoms with Gasteiger partial charge in [0.1, 0.15) is 5.75 Å². The van der Waals surface area contributed by atoms with E-state index >= 15 is 0 Å². The molecule has 2 heterocycles. The number of aryl methyl sites for hydroxylation is 1. The summed E-state index contributed by atoms with van der Waals surface area (Å²) in [6, 6.07) is 12.2. The molecule has 3 amide bonds. The first-order valence-electron chi connectivity index (χ1n) is 11.4. The second kappa shape index (κ2) is 10.9. The van der Waals surface area contributed by atoms with Crippen LogP contribution < -0.4 is 20.3 Å². The summed E-state index contributed by atoms with van der Waals surface area (Å²) in [6.07, 6.45) is 2.22. The van der Waals surface area contributed by atoms with Gasteiger partial charge >= 0.3 is 0 Å². The van der Waals surface area contributed by atoms with E-state index < -0.39 is 0 Å². The van der Waals surface area contributed by atoms with E-state index in [1.54, 1.807) is 41.3 Å². The highest BCUT2D eigenvalue weighted by Crippen LogP contribution is 2.27. The zero-order valence-electron chi connectivity index (χ0n) is 19.0. The molecule has 2 aromatic rings. The highest BCUT2D eigenvalue weighted by atomic mass is 35.5. The molecule has 34 heavy (non-hydrogen) atoms. The van der Waals surface area contributed by atoms with Crippen molar-refractivity contribution in [3.63, 3.8) is 0 Å². The molecule has 0 spiro atoms. The fraction of sp³-hybridized carbons (Fsp3) is 0.400. The van der Waals surface area contributed by atoms with Crippen LogP contribution in [0.1, 0.15) is 24.8 Å². The number of carbonyl (C=O) groups is 3. The Labute approximate surface area is 203 Å². The van der Waals surface area contributed by atoms with Gasteiger partial charge < -0.3 is 25.0 Å². The van der Waals surface area contributed by atoms with Crippen LogP contribution in [0.4, 0.5) is 11.4 Å². The third kappa shape index (κ3) is 6.07. The molecular formula is C25H28ClN3O5. The van der Waals surface area contributed by atoms with Crippen LogP contribution in [0.3, 0.4) is 0 Å². The lowest BCUT2D eigenvalue weighted by Gasteiger charge is -2.18. The Morgan fingerprint density at radius 1 is 1.21 bits per heavy atom. The van der Waals surface area contributed by atoms with E-state index in [1.807, 2.05) is 13.0 Å². The van der Waals surface area contributed by atoms with Gasteiger partial charge in [-0.05, 0) is 61.7 Å². The molecule has 0 saturated carbocycles. The second-order valence-electron chi connectivity index (χ2n) is 8.58. The third-order valence-corrected chi connectivity index (χ3v) is 6.25. The average molecular weight is 486 g/mol. The van der Waals surface area contributed by atoms with Gasteiger partial charge in [0.2, 0.25) is 11.8 Å². The first kappa shape index (κ1) is 24.0. The number of amides is 3. The van der Waals surface area contributed by atoms with Gasteiger partial charge in [0.05, 0.1) is 12.0 Å². The molecule has 4 rings (SSSR count). The number of halogens is 1. The quantitative estimate of drug-likeness (QED) is 0.598. The Morgan fingerprint density at radius 3 is 2.74 bits per heavy atom. The van der Waals surface area contributed by atoms with Crippen LogP contribution in [-0.2, 0) is 19.1 Å². The smallest absolute Gasteiger partial charge is 0.262 e. The van der Waals surface area contributed by atoms with Crippen molar-refractivity contribution in [2.75, 3.05) is 36.5 Å². The maximum Gasteiger partial charge on any atom is 0.262 e. The van der Waals surface area contributed by atoms with Gasteiger partial charge in [0, 0.05) is 42.5 Å². The minimum absolute atomic E-state index is 0.0706. The van der Waals surface area contributed by atoms with E-state index in [-0.39, 0.29) is 42.8 Å². The van der Waals surface area contributed by atoms with Crippen molar-refractivity contribution in [3.05, 3.63) is 53.1 Å². The van der Waals surface area contributed by atoms with E-state index in [2.05, 4.69) is 10.6 Å². The number of rotatable bonds is 8. The normalized spacial score (nSPS) is 19.8. The Morgan fingerprint density at radius 2 is 2.00 bits per heavy atom. The van der Waals surface area contributed by atoms with Crippen LogP contribution in [0, 0.1) is 12.8 Å². The van der Waals surface area contributed by atoms with E-state index in [4.69, 9.17) is 21.1 Å². The first-order valence-corrected chi connectivity index (χ1v) is 11.8. The zero-order valence-corrected chi connectivity index (χ0v) is 19.8. The number of nitrogens with zero attached hydrogens (tertiary/aromatic N) is 1. The summed E-state index contributed by atoms with van der Waals surface area (Å²) in [6.45, 7) is 3.27. The van der Waals surface area contributed by atoms with Crippen molar-refractivity contribution in [2.45, 2.75) is 32.3 Å². The highest BCUT2D eigenvalue weighted by Gasteiger charge is 2.35. The molecule has 0 radical (unpaired) electrons. The van der Waals surface area contributed by atoms with E-state index in [0.29, 0.717) is 35.2 Å². The molecule has 2 aliphatic rings. The number of anilines is 2.